The van der Waals surface area contributed by atoms with Crippen LogP contribution in [0.3, 0.4) is 0 Å². The van der Waals surface area contributed by atoms with Gasteiger partial charge in [0.25, 0.3) is 5.56 Å². The third-order valence-electron chi connectivity index (χ3n) is 2.71. The van der Waals surface area contributed by atoms with E-state index in [0.717, 1.165) is 24.2 Å². The summed E-state index contributed by atoms with van der Waals surface area (Å²) in [7, 11) is 0. The van der Waals surface area contributed by atoms with Gasteiger partial charge in [0.05, 0.1) is 0 Å². The van der Waals surface area contributed by atoms with Crippen LogP contribution in [0.2, 0.25) is 0 Å². The average Bonchev–Trinajstić information content (AvgIpc) is 2.41. The molecule has 1 aromatic heterocycles. The maximum atomic E-state index is 11.9. The highest BCUT2D eigenvalue weighted by Gasteiger charge is 2.25. The molecule has 1 heterocycles. The summed E-state index contributed by atoms with van der Waals surface area (Å²) in [4.78, 5) is 11.9. The fraction of sp³-hybridized carbons (Fsp3) is 0.769. The summed E-state index contributed by atoms with van der Waals surface area (Å²) in [6.07, 6.45) is 0.856. The molecule has 0 radical (unpaired) electrons. The van der Waals surface area contributed by atoms with Gasteiger partial charge >= 0.3 is 0 Å². The molecule has 0 unspecified atom stereocenters. The van der Waals surface area contributed by atoms with Crippen molar-refractivity contribution in [2.24, 2.45) is 5.92 Å². The van der Waals surface area contributed by atoms with Crippen LogP contribution in [-0.4, -0.2) is 9.78 Å². The van der Waals surface area contributed by atoms with Gasteiger partial charge in [-0.05, 0) is 19.3 Å². The molecule has 0 bridgehead atoms. The summed E-state index contributed by atoms with van der Waals surface area (Å²) in [5, 5.41) is 2.94. The van der Waals surface area contributed by atoms with E-state index in [1.807, 2.05) is 4.68 Å². The van der Waals surface area contributed by atoms with Crippen molar-refractivity contribution in [2.75, 3.05) is 0 Å². The zero-order valence-corrected chi connectivity index (χ0v) is 11.3. The van der Waals surface area contributed by atoms with Crippen molar-refractivity contribution in [3.05, 3.63) is 21.6 Å². The lowest BCUT2D eigenvalue weighted by Gasteiger charge is -2.22. The van der Waals surface area contributed by atoms with Crippen LogP contribution in [-0.2, 0) is 18.4 Å². The van der Waals surface area contributed by atoms with Gasteiger partial charge in [-0.15, -0.1) is 0 Å². The molecule has 1 aromatic rings. The Morgan fingerprint density at radius 3 is 2.25 bits per heavy atom. The highest BCUT2D eigenvalue weighted by Crippen LogP contribution is 2.25. The van der Waals surface area contributed by atoms with E-state index < -0.39 is 0 Å². The van der Waals surface area contributed by atoms with Crippen LogP contribution < -0.4 is 5.56 Å². The molecule has 3 nitrogen and oxygen atoms in total. The van der Waals surface area contributed by atoms with Gasteiger partial charge < -0.3 is 0 Å². The highest BCUT2D eigenvalue weighted by molar-refractivity contribution is 5.25. The number of hydrogen-bond acceptors (Lipinski definition) is 1. The molecule has 92 valence electrons. The number of hydrogen-bond donors (Lipinski definition) is 1. The second-order valence-corrected chi connectivity index (χ2v) is 5.86. The van der Waals surface area contributed by atoms with Gasteiger partial charge in [0.2, 0.25) is 0 Å². The molecule has 0 saturated carbocycles. The summed E-state index contributed by atoms with van der Waals surface area (Å²) in [6, 6.07) is 0. The zero-order chi connectivity index (χ0) is 12.5. The minimum atomic E-state index is 0.0133. The molecule has 0 spiro atoms. The standard InChI is InChI=1S/C13H24N2O/c1-7-15-11(13(4,5)6)10(8-9(2)3)12(16)14-15/h9H,7-8H2,1-6H3,(H,14,16). The van der Waals surface area contributed by atoms with Gasteiger partial charge in [-0.1, -0.05) is 34.6 Å². The molecule has 16 heavy (non-hydrogen) atoms. The number of aryl methyl sites for hydroxylation is 1. The molecule has 0 amide bonds. The number of aromatic nitrogens is 2. The third-order valence-corrected chi connectivity index (χ3v) is 2.71. The van der Waals surface area contributed by atoms with E-state index in [1.165, 1.54) is 0 Å². The second-order valence-electron chi connectivity index (χ2n) is 5.86. The molecule has 0 aliphatic heterocycles. The number of rotatable bonds is 3. The lowest BCUT2D eigenvalue weighted by Crippen LogP contribution is -2.21. The summed E-state index contributed by atoms with van der Waals surface area (Å²) >= 11 is 0. The fourth-order valence-corrected chi connectivity index (χ4v) is 2.21. The molecule has 0 aromatic carbocycles. The predicted molar refractivity (Wildman–Crippen MR) is 68.0 cm³/mol. The Kier molecular flexibility index (Phi) is 3.66. The highest BCUT2D eigenvalue weighted by atomic mass is 16.1. The van der Waals surface area contributed by atoms with Crippen molar-refractivity contribution in [3.8, 4) is 0 Å². The topological polar surface area (TPSA) is 37.8 Å². The van der Waals surface area contributed by atoms with Crippen molar-refractivity contribution in [3.63, 3.8) is 0 Å². The van der Waals surface area contributed by atoms with Crippen LogP contribution >= 0.6 is 0 Å². The van der Waals surface area contributed by atoms with E-state index in [9.17, 15) is 4.79 Å². The quantitative estimate of drug-likeness (QED) is 0.842. The fourth-order valence-electron chi connectivity index (χ4n) is 2.21. The summed E-state index contributed by atoms with van der Waals surface area (Å²) in [5.74, 6) is 0.509. The molecular weight excluding hydrogens is 200 g/mol. The average molecular weight is 224 g/mol. The molecule has 0 aliphatic rings. The van der Waals surface area contributed by atoms with Crippen molar-refractivity contribution in [1.82, 2.24) is 9.78 Å². The number of H-pyrrole nitrogens is 1. The Balaban J connectivity index is 3.35. The van der Waals surface area contributed by atoms with E-state index in [1.54, 1.807) is 0 Å². The molecule has 1 N–H and O–H groups in total. The summed E-state index contributed by atoms with van der Waals surface area (Å²) in [6.45, 7) is 13.7. The summed E-state index contributed by atoms with van der Waals surface area (Å²) < 4.78 is 1.99. The Morgan fingerprint density at radius 2 is 1.88 bits per heavy atom. The van der Waals surface area contributed by atoms with E-state index in [4.69, 9.17) is 0 Å². The largest absolute Gasteiger partial charge is 0.289 e. The van der Waals surface area contributed by atoms with Crippen molar-refractivity contribution in [2.45, 2.75) is 59.9 Å². The minimum Gasteiger partial charge on any atom is -0.289 e. The van der Waals surface area contributed by atoms with Crippen LogP contribution in [0.5, 0.6) is 0 Å². The molecule has 0 atom stereocenters. The van der Waals surface area contributed by atoms with Gasteiger partial charge in [-0.2, -0.15) is 0 Å². The Labute approximate surface area is 97.8 Å². The molecule has 3 heteroatoms. The van der Waals surface area contributed by atoms with E-state index in [-0.39, 0.29) is 11.0 Å². The van der Waals surface area contributed by atoms with Crippen LogP contribution in [0.15, 0.2) is 4.79 Å². The predicted octanol–water partition coefficient (Wildman–Crippen LogP) is 2.69. The normalized spacial score (nSPS) is 12.4. The smallest absolute Gasteiger partial charge is 0.267 e. The minimum absolute atomic E-state index is 0.0133. The maximum Gasteiger partial charge on any atom is 0.267 e. The summed E-state index contributed by atoms with van der Waals surface area (Å²) in [5.41, 5.74) is 2.22. The van der Waals surface area contributed by atoms with Crippen LogP contribution in [0.4, 0.5) is 0 Å². The Hall–Kier alpha value is -0.990. The molecule has 0 saturated heterocycles. The van der Waals surface area contributed by atoms with Crippen molar-refractivity contribution >= 4 is 0 Å². The first-order valence-electron chi connectivity index (χ1n) is 6.09. The maximum absolute atomic E-state index is 11.9. The number of aromatic amines is 1. The van der Waals surface area contributed by atoms with E-state index in [2.05, 4.69) is 46.6 Å². The molecule has 1 rings (SSSR count). The lowest BCUT2D eigenvalue weighted by molar-refractivity contribution is 0.488. The zero-order valence-electron chi connectivity index (χ0n) is 11.3. The Morgan fingerprint density at radius 1 is 1.31 bits per heavy atom. The second kappa shape index (κ2) is 4.48. The first-order valence-corrected chi connectivity index (χ1v) is 6.09. The van der Waals surface area contributed by atoms with Gasteiger partial charge in [0.1, 0.15) is 0 Å². The van der Waals surface area contributed by atoms with Crippen LogP contribution in [0.25, 0.3) is 0 Å². The van der Waals surface area contributed by atoms with Gasteiger partial charge in [-0.3, -0.25) is 14.6 Å². The first kappa shape index (κ1) is 13.1. The number of nitrogens with zero attached hydrogens (tertiary/aromatic N) is 1. The molecular formula is C13H24N2O. The van der Waals surface area contributed by atoms with Crippen LogP contribution in [0.1, 0.15) is 52.8 Å². The van der Waals surface area contributed by atoms with Gasteiger partial charge in [0.15, 0.2) is 0 Å². The number of nitrogens with one attached hydrogen (secondary N) is 1. The Bertz CT molecular complexity index is 405. The molecule has 0 aliphatic carbocycles. The SMILES string of the molecule is CCn1[nH]c(=O)c(CC(C)C)c1C(C)(C)C. The van der Waals surface area contributed by atoms with Crippen molar-refractivity contribution < 1.29 is 0 Å². The van der Waals surface area contributed by atoms with Gasteiger partial charge in [0, 0.05) is 23.2 Å². The van der Waals surface area contributed by atoms with Gasteiger partial charge in [-0.25, -0.2) is 0 Å². The monoisotopic (exact) mass is 224 g/mol. The third kappa shape index (κ3) is 2.57. The van der Waals surface area contributed by atoms with Crippen molar-refractivity contribution in [1.29, 1.82) is 0 Å². The van der Waals surface area contributed by atoms with Crippen LogP contribution in [0, 0.1) is 5.92 Å². The lowest BCUT2D eigenvalue weighted by atomic mass is 9.87. The van der Waals surface area contributed by atoms with E-state index >= 15 is 0 Å². The molecule has 0 fully saturated rings. The first-order chi connectivity index (χ1) is 7.27. The van der Waals surface area contributed by atoms with E-state index in [0.29, 0.717) is 5.92 Å².